The van der Waals surface area contributed by atoms with Gasteiger partial charge in [0.2, 0.25) is 6.08 Å². The maximum Gasteiger partial charge on any atom is 0.240 e. The molecule has 0 amide bonds. The molecule has 0 radical (unpaired) electrons. The summed E-state index contributed by atoms with van der Waals surface area (Å²) < 4.78 is 0. The molecule has 0 N–H and O–H groups in total. The molecule has 0 aliphatic carbocycles. The lowest BCUT2D eigenvalue weighted by atomic mass is 10.1. The van der Waals surface area contributed by atoms with Crippen molar-refractivity contribution in [2.45, 2.75) is 27.7 Å². The Bertz CT molecular complexity index is 242. The van der Waals surface area contributed by atoms with E-state index in [2.05, 4.69) is 4.99 Å². The molecule has 0 rings (SSSR count). The minimum atomic E-state index is 0.732. The van der Waals surface area contributed by atoms with Gasteiger partial charge in [-0.15, -0.1) is 0 Å². The summed E-state index contributed by atoms with van der Waals surface area (Å²) in [6, 6.07) is 0. The highest BCUT2D eigenvalue weighted by molar-refractivity contribution is 5.40. The van der Waals surface area contributed by atoms with Crippen LogP contribution in [0, 0.1) is 0 Å². The second-order valence-electron chi connectivity index (χ2n) is 2.39. The van der Waals surface area contributed by atoms with E-state index in [1.807, 2.05) is 26.8 Å². The third-order valence-corrected chi connectivity index (χ3v) is 1.78. The third-order valence-electron chi connectivity index (χ3n) is 1.78. The fraction of sp³-hybridized carbons (Fsp3) is 0.444. The molecule has 0 heterocycles. The highest BCUT2D eigenvalue weighted by Gasteiger charge is 1.95. The van der Waals surface area contributed by atoms with E-state index in [1.54, 1.807) is 6.92 Å². The van der Waals surface area contributed by atoms with Gasteiger partial charge in [-0.2, -0.15) is 4.99 Å². The Kier molecular flexibility index (Phi) is 4.16. The quantitative estimate of drug-likeness (QED) is 0.339. The van der Waals surface area contributed by atoms with Gasteiger partial charge in [0.15, 0.2) is 0 Å². The van der Waals surface area contributed by atoms with Crippen LogP contribution in [0.5, 0.6) is 0 Å². The van der Waals surface area contributed by atoms with Crippen LogP contribution in [-0.4, -0.2) is 6.08 Å². The number of allylic oxidation sites excluding steroid dienone is 4. The van der Waals surface area contributed by atoms with Crippen molar-refractivity contribution in [1.82, 2.24) is 0 Å². The molecule has 0 aromatic heterocycles. The zero-order valence-corrected chi connectivity index (χ0v) is 7.43. The van der Waals surface area contributed by atoms with Crippen LogP contribution in [0.25, 0.3) is 0 Å². The number of nitrogens with zero attached hydrogens (tertiary/aromatic N) is 1. The van der Waals surface area contributed by atoms with Crippen LogP contribution in [0.1, 0.15) is 27.7 Å². The van der Waals surface area contributed by atoms with Crippen LogP contribution in [0.3, 0.4) is 0 Å². The predicted molar refractivity (Wildman–Crippen MR) is 45.9 cm³/mol. The lowest BCUT2D eigenvalue weighted by Gasteiger charge is -2.00. The van der Waals surface area contributed by atoms with Crippen molar-refractivity contribution in [3.8, 4) is 0 Å². The minimum absolute atomic E-state index is 0.732. The Morgan fingerprint density at radius 1 is 1.36 bits per heavy atom. The van der Waals surface area contributed by atoms with Gasteiger partial charge in [-0.3, -0.25) is 0 Å². The smallest absolute Gasteiger partial charge is 0.211 e. The molecule has 0 fully saturated rings. The molecular weight excluding hydrogens is 138 g/mol. The average Bonchev–Trinajstić information content (AvgIpc) is 2.02. The summed E-state index contributed by atoms with van der Waals surface area (Å²) in [5.41, 5.74) is 2.91. The van der Waals surface area contributed by atoms with E-state index in [4.69, 9.17) is 0 Å². The first-order chi connectivity index (χ1) is 5.13. The Morgan fingerprint density at radius 3 is 2.27 bits per heavy atom. The normalized spacial score (nSPS) is 13.6. The first-order valence-corrected chi connectivity index (χ1v) is 3.52. The third kappa shape index (κ3) is 2.96. The molecule has 0 unspecified atom stereocenters. The van der Waals surface area contributed by atoms with Gasteiger partial charge in [0, 0.05) is 0 Å². The second kappa shape index (κ2) is 4.64. The molecule has 0 saturated heterocycles. The van der Waals surface area contributed by atoms with Gasteiger partial charge in [-0.1, -0.05) is 11.6 Å². The van der Waals surface area contributed by atoms with Gasteiger partial charge in [0.1, 0.15) is 0 Å². The van der Waals surface area contributed by atoms with Gasteiger partial charge in [0.25, 0.3) is 0 Å². The molecule has 2 nitrogen and oxygen atoms in total. The number of hydrogen-bond acceptors (Lipinski definition) is 2. The highest BCUT2D eigenvalue weighted by Crippen LogP contribution is 2.13. The SMILES string of the molecule is CC=C(C)C(C)=C(C)N=C=O. The molecule has 0 aromatic rings. The van der Waals surface area contributed by atoms with Crippen LogP contribution >= 0.6 is 0 Å². The lowest BCUT2D eigenvalue weighted by molar-refractivity contribution is 0.564. The maximum absolute atomic E-state index is 9.89. The fourth-order valence-corrected chi connectivity index (χ4v) is 0.654. The van der Waals surface area contributed by atoms with Crippen LogP contribution in [0.15, 0.2) is 27.9 Å². The van der Waals surface area contributed by atoms with E-state index in [0.29, 0.717) is 0 Å². The number of hydrogen-bond donors (Lipinski definition) is 0. The van der Waals surface area contributed by atoms with Crippen LogP contribution in [0.4, 0.5) is 0 Å². The Labute approximate surface area is 67.3 Å². The molecule has 60 valence electrons. The lowest BCUT2D eigenvalue weighted by Crippen LogP contribution is -1.82. The van der Waals surface area contributed by atoms with E-state index in [1.165, 1.54) is 6.08 Å². The Hall–Kier alpha value is -1.14. The first-order valence-electron chi connectivity index (χ1n) is 3.52. The van der Waals surface area contributed by atoms with Crippen LogP contribution in [-0.2, 0) is 4.79 Å². The van der Waals surface area contributed by atoms with Crippen molar-refractivity contribution < 1.29 is 4.79 Å². The predicted octanol–water partition coefficient (Wildman–Crippen LogP) is 2.58. The molecule has 0 saturated carbocycles. The number of aliphatic imine (C=N–C) groups is 1. The summed E-state index contributed by atoms with van der Waals surface area (Å²) in [6.45, 7) is 7.68. The topological polar surface area (TPSA) is 29.4 Å². The zero-order chi connectivity index (χ0) is 8.85. The second-order valence-corrected chi connectivity index (χ2v) is 2.39. The highest BCUT2D eigenvalue weighted by atomic mass is 16.1. The van der Waals surface area contributed by atoms with Crippen molar-refractivity contribution in [3.05, 3.63) is 22.9 Å². The molecule has 0 aromatic carbocycles. The largest absolute Gasteiger partial charge is 0.240 e. The average molecular weight is 151 g/mol. The van der Waals surface area contributed by atoms with Crippen molar-refractivity contribution in [1.29, 1.82) is 0 Å². The van der Waals surface area contributed by atoms with Crippen molar-refractivity contribution in [2.75, 3.05) is 0 Å². The van der Waals surface area contributed by atoms with Crippen molar-refractivity contribution >= 4 is 6.08 Å². The number of carbonyl (C=O) groups excluding carboxylic acids is 1. The van der Waals surface area contributed by atoms with Gasteiger partial charge in [-0.25, -0.2) is 4.79 Å². The van der Waals surface area contributed by atoms with Gasteiger partial charge >= 0.3 is 0 Å². The molecule has 2 heteroatoms. The summed E-state index contributed by atoms with van der Waals surface area (Å²) in [5, 5.41) is 0. The first kappa shape index (κ1) is 9.86. The van der Waals surface area contributed by atoms with E-state index in [9.17, 15) is 4.79 Å². The fourth-order valence-electron chi connectivity index (χ4n) is 0.654. The summed E-state index contributed by atoms with van der Waals surface area (Å²) >= 11 is 0. The minimum Gasteiger partial charge on any atom is -0.211 e. The summed E-state index contributed by atoms with van der Waals surface area (Å²) in [7, 11) is 0. The van der Waals surface area contributed by atoms with Crippen molar-refractivity contribution in [2.24, 2.45) is 4.99 Å². The molecule has 0 atom stereocenters. The van der Waals surface area contributed by atoms with Gasteiger partial charge in [0.05, 0.1) is 5.70 Å². The summed E-state index contributed by atoms with van der Waals surface area (Å²) in [5.74, 6) is 0. The number of rotatable bonds is 2. The molecule has 0 spiro atoms. The molecule has 0 bridgehead atoms. The maximum atomic E-state index is 9.89. The molecule has 11 heavy (non-hydrogen) atoms. The number of isocyanates is 1. The molecule has 0 aliphatic heterocycles. The van der Waals surface area contributed by atoms with Gasteiger partial charge in [-0.05, 0) is 33.3 Å². The van der Waals surface area contributed by atoms with E-state index < -0.39 is 0 Å². The monoisotopic (exact) mass is 151 g/mol. The molecular formula is C9H13NO. The van der Waals surface area contributed by atoms with Crippen LogP contribution < -0.4 is 0 Å². The summed E-state index contributed by atoms with van der Waals surface area (Å²) in [6.07, 6.45) is 3.50. The Morgan fingerprint density at radius 2 is 1.91 bits per heavy atom. The zero-order valence-electron chi connectivity index (χ0n) is 7.43. The van der Waals surface area contributed by atoms with E-state index >= 15 is 0 Å². The molecule has 0 aliphatic rings. The van der Waals surface area contributed by atoms with E-state index in [0.717, 1.165) is 16.8 Å². The standard InChI is InChI=1S/C9H13NO/c1-5-7(2)8(3)9(4)10-6-11/h5H,1-4H3. The van der Waals surface area contributed by atoms with Crippen LogP contribution in [0.2, 0.25) is 0 Å². The van der Waals surface area contributed by atoms with Crippen molar-refractivity contribution in [3.63, 3.8) is 0 Å². The van der Waals surface area contributed by atoms with Gasteiger partial charge < -0.3 is 0 Å². The van der Waals surface area contributed by atoms with E-state index in [-0.39, 0.29) is 0 Å². The summed E-state index contributed by atoms with van der Waals surface area (Å²) in [4.78, 5) is 13.4. The Balaban J connectivity index is 4.80.